The zero-order valence-corrected chi connectivity index (χ0v) is 27.6. The normalized spacial score (nSPS) is 23.1. The number of carbonyl (C=O) groups is 2. The van der Waals surface area contributed by atoms with Crippen molar-refractivity contribution in [1.82, 2.24) is 19.9 Å². The molecule has 2 amide bonds. The summed E-state index contributed by atoms with van der Waals surface area (Å²) < 4.78 is 0. The second-order valence-electron chi connectivity index (χ2n) is 14.7. The lowest BCUT2D eigenvalue weighted by Gasteiger charge is -2.55. The van der Waals surface area contributed by atoms with Gasteiger partial charge in [0.25, 0.3) is 0 Å². The van der Waals surface area contributed by atoms with Crippen molar-refractivity contribution in [2.75, 3.05) is 26.3 Å². The first-order valence-electron chi connectivity index (χ1n) is 15.9. The molecule has 0 aromatic carbocycles. The monoisotopic (exact) mass is 566 g/mol. The standard InChI is InChI=1S/C32H62N4O4/c1-11-19-39-35-29(3,4)21-27(22-30(35,5)6)33(25-37)17-15-13-14-16-18-34(26-38)28-23-31(7,8)36(40-20-12-2)32(9,10)24-28/h25-28H,11-24H2,1-10H3. The van der Waals surface area contributed by atoms with Crippen LogP contribution in [0.3, 0.4) is 0 Å². The number of amides is 2. The molecule has 2 fully saturated rings. The summed E-state index contributed by atoms with van der Waals surface area (Å²) in [5, 5.41) is 4.35. The van der Waals surface area contributed by atoms with Gasteiger partial charge in [-0.25, -0.2) is 0 Å². The van der Waals surface area contributed by atoms with Gasteiger partial charge in [-0.2, -0.15) is 10.1 Å². The summed E-state index contributed by atoms with van der Waals surface area (Å²) in [5.74, 6) is 0. The van der Waals surface area contributed by atoms with Crippen LogP contribution >= 0.6 is 0 Å². The highest BCUT2D eigenvalue weighted by molar-refractivity contribution is 5.48. The lowest BCUT2D eigenvalue weighted by molar-refractivity contribution is -0.287. The largest absolute Gasteiger partial charge is 0.342 e. The zero-order chi connectivity index (χ0) is 30.2. The number of nitrogens with zero attached hydrogens (tertiary/aromatic N) is 4. The van der Waals surface area contributed by atoms with Crippen LogP contribution < -0.4 is 0 Å². The molecule has 0 atom stereocenters. The number of hydroxylamine groups is 4. The number of hydrogen-bond acceptors (Lipinski definition) is 6. The Balaban J connectivity index is 1.83. The Labute approximate surface area is 246 Å². The highest BCUT2D eigenvalue weighted by Gasteiger charge is 2.49. The Hall–Kier alpha value is -1.22. The van der Waals surface area contributed by atoms with Crippen molar-refractivity contribution < 1.29 is 19.3 Å². The van der Waals surface area contributed by atoms with Crippen LogP contribution in [0.4, 0.5) is 0 Å². The maximum absolute atomic E-state index is 12.1. The smallest absolute Gasteiger partial charge is 0.209 e. The quantitative estimate of drug-likeness (QED) is 0.155. The average Bonchev–Trinajstić information content (AvgIpc) is 2.83. The van der Waals surface area contributed by atoms with Crippen LogP contribution in [0.1, 0.15) is 133 Å². The van der Waals surface area contributed by atoms with E-state index >= 15 is 0 Å². The van der Waals surface area contributed by atoms with Gasteiger partial charge in [0, 0.05) is 47.3 Å². The van der Waals surface area contributed by atoms with Gasteiger partial charge < -0.3 is 9.80 Å². The number of hydrogen-bond donors (Lipinski definition) is 0. The molecule has 0 spiro atoms. The summed E-state index contributed by atoms with van der Waals surface area (Å²) >= 11 is 0. The zero-order valence-electron chi connectivity index (χ0n) is 27.6. The molecule has 40 heavy (non-hydrogen) atoms. The van der Waals surface area contributed by atoms with Crippen molar-refractivity contribution in [3.05, 3.63) is 0 Å². The predicted octanol–water partition coefficient (Wildman–Crippen LogP) is 6.19. The lowest BCUT2D eigenvalue weighted by Crippen LogP contribution is -2.64. The molecule has 8 nitrogen and oxygen atoms in total. The molecule has 2 heterocycles. The minimum Gasteiger partial charge on any atom is -0.342 e. The molecule has 2 rings (SSSR count). The van der Waals surface area contributed by atoms with E-state index in [1.165, 1.54) is 0 Å². The molecule has 0 radical (unpaired) electrons. The molecule has 2 aliphatic heterocycles. The first-order valence-corrected chi connectivity index (χ1v) is 15.9. The number of unbranched alkanes of at least 4 members (excludes halogenated alkanes) is 3. The fourth-order valence-electron chi connectivity index (χ4n) is 7.54. The molecule has 8 heteroatoms. The predicted molar refractivity (Wildman–Crippen MR) is 163 cm³/mol. The summed E-state index contributed by atoms with van der Waals surface area (Å²) in [6.07, 6.45) is 11.8. The highest BCUT2D eigenvalue weighted by atomic mass is 16.7. The van der Waals surface area contributed by atoms with E-state index in [0.717, 1.165) is 103 Å². The molecule has 0 aromatic heterocycles. The molecule has 0 aliphatic carbocycles. The van der Waals surface area contributed by atoms with E-state index in [1.54, 1.807) is 0 Å². The van der Waals surface area contributed by atoms with E-state index in [1.807, 2.05) is 9.80 Å². The Morgan fingerprint density at radius 1 is 0.600 bits per heavy atom. The van der Waals surface area contributed by atoms with Gasteiger partial charge in [0.2, 0.25) is 12.8 Å². The number of piperidine rings is 2. The maximum Gasteiger partial charge on any atom is 0.209 e. The van der Waals surface area contributed by atoms with Crippen LogP contribution in [-0.2, 0) is 19.3 Å². The topological polar surface area (TPSA) is 65.6 Å². The van der Waals surface area contributed by atoms with Crippen LogP contribution in [0.2, 0.25) is 0 Å². The SMILES string of the molecule is CCCON1C(C)(C)CC(N(C=O)CCCCCCN(C=O)C2CC(C)(C)N(OCCC)C(C)(C)C2)CC1(C)C. The van der Waals surface area contributed by atoms with Gasteiger partial charge in [0.05, 0.1) is 13.2 Å². The molecular weight excluding hydrogens is 504 g/mol. The van der Waals surface area contributed by atoms with Gasteiger partial charge in [-0.15, -0.1) is 0 Å². The third-order valence-corrected chi connectivity index (χ3v) is 8.78. The van der Waals surface area contributed by atoms with Crippen molar-refractivity contribution in [1.29, 1.82) is 0 Å². The van der Waals surface area contributed by atoms with Crippen LogP contribution in [0.5, 0.6) is 0 Å². The molecule has 234 valence electrons. The molecule has 0 bridgehead atoms. The van der Waals surface area contributed by atoms with E-state index < -0.39 is 0 Å². The summed E-state index contributed by atoms with van der Waals surface area (Å²) in [7, 11) is 0. The Kier molecular flexibility index (Phi) is 12.9. The fourth-order valence-corrected chi connectivity index (χ4v) is 7.54. The molecule has 0 unspecified atom stereocenters. The lowest BCUT2D eigenvalue weighted by atomic mass is 9.78. The van der Waals surface area contributed by atoms with E-state index in [-0.39, 0.29) is 34.2 Å². The van der Waals surface area contributed by atoms with Gasteiger partial charge in [0.1, 0.15) is 0 Å². The van der Waals surface area contributed by atoms with Crippen LogP contribution in [-0.4, -0.2) is 93.3 Å². The van der Waals surface area contributed by atoms with Gasteiger partial charge >= 0.3 is 0 Å². The summed E-state index contributed by atoms with van der Waals surface area (Å²) in [4.78, 5) is 40.6. The fraction of sp³-hybridized carbons (Fsp3) is 0.938. The highest BCUT2D eigenvalue weighted by Crippen LogP contribution is 2.41. The van der Waals surface area contributed by atoms with Crippen molar-refractivity contribution >= 4 is 12.8 Å². The molecule has 0 aromatic rings. The van der Waals surface area contributed by atoms with Gasteiger partial charge in [-0.05, 0) is 107 Å². The van der Waals surface area contributed by atoms with Crippen molar-refractivity contribution in [3.63, 3.8) is 0 Å². The number of carbonyl (C=O) groups excluding carboxylic acids is 2. The van der Waals surface area contributed by atoms with E-state index in [2.05, 4.69) is 79.4 Å². The van der Waals surface area contributed by atoms with Crippen molar-refractivity contribution in [2.45, 2.75) is 168 Å². The average molecular weight is 567 g/mol. The summed E-state index contributed by atoms with van der Waals surface area (Å²) in [6, 6.07) is 0.432. The van der Waals surface area contributed by atoms with Gasteiger partial charge in [-0.3, -0.25) is 19.3 Å². The maximum atomic E-state index is 12.1. The second kappa shape index (κ2) is 14.8. The molecule has 2 saturated heterocycles. The minimum absolute atomic E-state index is 0.136. The number of rotatable bonds is 17. The Morgan fingerprint density at radius 3 is 1.15 bits per heavy atom. The third kappa shape index (κ3) is 9.14. The first-order chi connectivity index (χ1) is 18.6. The van der Waals surface area contributed by atoms with Crippen molar-refractivity contribution in [2.24, 2.45) is 0 Å². The molecule has 2 aliphatic rings. The van der Waals surface area contributed by atoms with Crippen molar-refractivity contribution in [3.8, 4) is 0 Å². The van der Waals surface area contributed by atoms with E-state index in [9.17, 15) is 9.59 Å². The van der Waals surface area contributed by atoms with Gasteiger partial charge in [0.15, 0.2) is 0 Å². The van der Waals surface area contributed by atoms with Crippen LogP contribution in [0.15, 0.2) is 0 Å². The molecule has 0 saturated carbocycles. The minimum atomic E-state index is -0.136. The second-order valence-corrected chi connectivity index (χ2v) is 14.7. The van der Waals surface area contributed by atoms with Gasteiger partial charge in [-0.1, -0.05) is 26.7 Å². The first kappa shape index (κ1) is 35.0. The molecular formula is C32H62N4O4. The Morgan fingerprint density at radius 2 is 0.900 bits per heavy atom. The summed E-state index contributed by atoms with van der Waals surface area (Å²) in [6.45, 7) is 25.1. The summed E-state index contributed by atoms with van der Waals surface area (Å²) in [5.41, 5.74) is -0.545. The van der Waals surface area contributed by atoms with Crippen LogP contribution in [0.25, 0.3) is 0 Å². The van der Waals surface area contributed by atoms with E-state index in [0.29, 0.717) is 0 Å². The van der Waals surface area contributed by atoms with E-state index in [4.69, 9.17) is 9.68 Å². The Bertz CT molecular complexity index is 685. The molecule has 0 N–H and O–H groups in total. The third-order valence-electron chi connectivity index (χ3n) is 8.78. The van der Waals surface area contributed by atoms with Crippen LogP contribution in [0, 0.1) is 0 Å².